The van der Waals surface area contributed by atoms with E-state index in [4.69, 9.17) is 5.11 Å². The summed E-state index contributed by atoms with van der Waals surface area (Å²) >= 11 is 0. The zero-order chi connectivity index (χ0) is 17.8. The van der Waals surface area contributed by atoms with Gasteiger partial charge in [0.15, 0.2) is 5.69 Å². The van der Waals surface area contributed by atoms with E-state index in [1.54, 1.807) is 30.3 Å². The van der Waals surface area contributed by atoms with Crippen LogP contribution in [0.2, 0.25) is 0 Å². The van der Waals surface area contributed by atoms with Crippen molar-refractivity contribution < 1.29 is 19.5 Å². The first-order valence-electron chi connectivity index (χ1n) is 7.95. The Morgan fingerprint density at radius 3 is 2.56 bits per heavy atom. The highest BCUT2D eigenvalue weighted by molar-refractivity contribution is 6.02. The number of nitrogens with one attached hydrogen (secondary N) is 3. The van der Waals surface area contributed by atoms with Crippen LogP contribution in [0.15, 0.2) is 30.3 Å². The number of rotatable bonds is 7. The number of carboxylic acids is 1. The zero-order valence-corrected chi connectivity index (χ0v) is 13.4. The van der Waals surface area contributed by atoms with Crippen LogP contribution in [0.5, 0.6) is 0 Å². The van der Waals surface area contributed by atoms with Crippen LogP contribution in [0.3, 0.4) is 0 Å². The number of nitrogens with zero attached hydrogens (tertiary/aromatic N) is 1. The van der Waals surface area contributed by atoms with Gasteiger partial charge in [0.1, 0.15) is 6.54 Å². The molecule has 8 nitrogen and oxygen atoms in total. The number of aromatic nitrogens is 2. The first-order valence-corrected chi connectivity index (χ1v) is 7.95. The number of carbonyl (C=O) groups excluding carboxylic acids is 2. The van der Waals surface area contributed by atoms with E-state index in [9.17, 15) is 14.4 Å². The molecule has 0 radical (unpaired) electrons. The van der Waals surface area contributed by atoms with Gasteiger partial charge in [-0.05, 0) is 36.6 Å². The number of anilines is 1. The Morgan fingerprint density at radius 1 is 1.20 bits per heavy atom. The molecule has 0 bridgehead atoms. The second-order valence-corrected chi connectivity index (χ2v) is 5.98. The number of carbonyl (C=O) groups is 3. The van der Waals surface area contributed by atoms with Crippen molar-refractivity contribution in [2.75, 3.05) is 11.9 Å². The van der Waals surface area contributed by atoms with E-state index in [0.29, 0.717) is 17.3 Å². The molecule has 0 spiro atoms. The Hall–Kier alpha value is -3.16. The molecule has 0 saturated heterocycles. The summed E-state index contributed by atoms with van der Waals surface area (Å²) in [6, 6.07) is 8.55. The molecule has 4 N–H and O–H groups in total. The highest BCUT2D eigenvalue weighted by atomic mass is 16.4. The molecule has 130 valence electrons. The second kappa shape index (κ2) is 7.16. The molecule has 8 heteroatoms. The van der Waals surface area contributed by atoms with Gasteiger partial charge in [-0.1, -0.05) is 12.1 Å². The average Bonchev–Trinajstić information content (AvgIpc) is 3.31. The Morgan fingerprint density at radius 2 is 1.92 bits per heavy atom. The van der Waals surface area contributed by atoms with Crippen LogP contribution in [-0.2, 0) is 16.0 Å². The number of hydrogen-bond donors (Lipinski definition) is 4. The number of amides is 2. The lowest BCUT2D eigenvalue weighted by Gasteiger charge is -2.06. The van der Waals surface area contributed by atoms with Crippen LogP contribution < -0.4 is 10.6 Å². The van der Waals surface area contributed by atoms with Crippen molar-refractivity contribution in [3.8, 4) is 0 Å². The highest BCUT2D eigenvalue weighted by Crippen LogP contribution is 2.39. The third-order valence-corrected chi connectivity index (χ3v) is 3.86. The number of H-pyrrole nitrogens is 1. The van der Waals surface area contributed by atoms with Crippen LogP contribution in [0.25, 0.3) is 0 Å². The molecular weight excluding hydrogens is 324 g/mol. The van der Waals surface area contributed by atoms with Crippen molar-refractivity contribution in [2.24, 2.45) is 0 Å². The molecule has 0 atom stereocenters. The van der Waals surface area contributed by atoms with Crippen LogP contribution in [0.1, 0.15) is 40.5 Å². The summed E-state index contributed by atoms with van der Waals surface area (Å²) in [6.07, 6.45) is 2.33. The minimum atomic E-state index is -1.09. The first-order chi connectivity index (χ1) is 12.0. The maximum Gasteiger partial charge on any atom is 0.322 e. The number of carboxylic acid groups (broad SMARTS) is 1. The van der Waals surface area contributed by atoms with Crippen LogP contribution >= 0.6 is 0 Å². The van der Waals surface area contributed by atoms with Gasteiger partial charge in [0.2, 0.25) is 5.91 Å². The van der Waals surface area contributed by atoms with Gasteiger partial charge in [0.25, 0.3) is 5.91 Å². The fraction of sp³-hybridized carbons (Fsp3) is 0.294. The van der Waals surface area contributed by atoms with E-state index >= 15 is 0 Å². The smallest absolute Gasteiger partial charge is 0.322 e. The van der Waals surface area contributed by atoms with E-state index in [1.165, 1.54) is 0 Å². The zero-order valence-electron chi connectivity index (χ0n) is 13.4. The van der Waals surface area contributed by atoms with Crippen LogP contribution in [0, 0.1) is 0 Å². The monoisotopic (exact) mass is 342 g/mol. The van der Waals surface area contributed by atoms with Crippen molar-refractivity contribution >= 4 is 23.5 Å². The predicted molar refractivity (Wildman–Crippen MR) is 89.3 cm³/mol. The quantitative estimate of drug-likeness (QED) is 0.603. The number of aromatic amines is 1. The first kappa shape index (κ1) is 16.7. The predicted octanol–water partition coefficient (Wildman–Crippen LogP) is 1.28. The summed E-state index contributed by atoms with van der Waals surface area (Å²) in [5.74, 6) is -1.26. The summed E-state index contributed by atoms with van der Waals surface area (Å²) in [7, 11) is 0. The minimum absolute atomic E-state index is 0.0750. The molecule has 1 fully saturated rings. The molecule has 1 saturated carbocycles. The molecule has 1 aliphatic rings. The number of benzene rings is 1. The Labute approximate surface area is 143 Å². The van der Waals surface area contributed by atoms with Gasteiger partial charge in [0, 0.05) is 17.3 Å². The third-order valence-electron chi connectivity index (χ3n) is 3.86. The fourth-order valence-corrected chi connectivity index (χ4v) is 2.38. The van der Waals surface area contributed by atoms with Gasteiger partial charge < -0.3 is 15.7 Å². The summed E-state index contributed by atoms with van der Waals surface area (Å²) in [6.45, 7) is -0.403. The van der Waals surface area contributed by atoms with Crippen molar-refractivity contribution in [2.45, 2.75) is 25.2 Å². The van der Waals surface area contributed by atoms with Crippen molar-refractivity contribution in [3.63, 3.8) is 0 Å². The molecule has 2 amide bonds. The van der Waals surface area contributed by atoms with Gasteiger partial charge in [0.05, 0.1) is 6.42 Å². The van der Waals surface area contributed by atoms with E-state index in [1.807, 2.05) is 0 Å². The fourth-order valence-electron chi connectivity index (χ4n) is 2.38. The lowest BCUT2D eigenvalue weighted by Crippen LogP contribution is -2.30. The van der Waals surface area contributed by atoms with Gasteiger partial charge in [-0.15, -0.1) is 0 Å². The van der Waals surface area contributed by atoms with Gasteiger partial charge >= 0.3 is 5.97 Å². The van der Waals surface area contributed by atoms with Crippen molar-refractivity contribution in [1.82, 2.24) is 15.5 Å². The van der Waals surface area contributed by atoms with Crippen LogP contribution in [-0.4, -0.2) is 39.6 Å². The molecule has 0 unspecified atom stereocenters. The van der Waals surface area contributed by atoms with Gasteiger partial charge in [-0.3, -0.25) is 19.5 Å². The van der Waals surface area contributed by atoms with Crippen molar-refractivity contribution in [3.05, 3.63) is 47.3 Å². The normalized spacial score (nSPS) is 13.3. The van der Waals surface area contributed by atoms with Gasteiger partial charge in [-0.25, -0.2) is 0 Å². The maximum atomic E-state index is 12.2. The molecule has 25 heavy (non-hydrogen) atoms. The third kappa shape index (κ3) is 4.66. The summed E-state index contributed by atoms with van der Waals surface area (Å²) in [5.41, 5.74) is 2.65. The van der Waals surface area contributed by atoms with E-state index in [2.05, 4.69) is 20.8 Å². The molecule has 1 heterocycles. The molecular formula is C17H18N4O4. The van der Waals surface area contributed by atoms with E-state index in [-0.39, 0.29) is 18.2 Å². The van der Waals surface area contributed by atoms with Crippen LogP contribution in [0.4, 0.5) is 5.69 Å². The maximum absolute atomic E-state index is 12.2. The number of hydrogen-bond acceptors (Lipinski definition) is 4. The molecule has 2 aromatic rings. The molecule has 1 aliphatic carbocycles. The minimum Gasteiger partial charge on any atom is -0.480 e. The number of aliphatic carboxylic acids is 1. The second-order valence-electron chi connectivity index (χ2n) is 5.98. The Balaban J connectivity index is 1.53. The summed E-state index contributed by atoms with van der Waals surface area (Å²) in [4.78, 5) is 34.1. The average molecular weight is 342 g/mol. The molecule has 0 aliphatic heterocycles. The molecule has 1 aromatic heterocycles. The lowest BCUT2D eigenvalue weighted by molar-refractivity contribution is -0.137. The Bertz CT molecular complexity index is 793. The SMILES string of the molecule is O=C(O)CNC(=O)Cc1ccc(NC(=O)c2cc(C3CC3)[nH]n2)cc1. The van der Waals surface area contributed by atoms with Crippen molar-refractivity contribution in [1.29, 1.82) is 0 Å². The topological polar surface area (TPSA) is 124 Å². The molecule has 3 rings (SSSR count). The van der Waals surface area contributed by atoms with E-state index in [0.717, 1.165) is 24.1 Å². The summed E-state index contributed by atoms with van der Waals surface area (Å²) in [5, 5.41) is 20.5. The largest absolute Gasteiger partial charge is 0.480 e. The lowest BCUT2D eigenvalue weighted by atomic mass is 10.1. The molecule has 1 aromatic carbocycles. The standard InChI is InChI=1S/C17H18N4O4/c22-15(18-9-16(23)24)7-10-1-5-12(6-2-10)19-17(25)14-8-13(20-21-14)11-3-4-11/h1-2,5-6,8,11H,3-4,7,9H2,(H,18,22)(H,19,25)(H,20,21)(H,23,24). The van der Waals surface area contributed by atoms with Gasteiger partial charge in [-0.2, -0.15) is 5.10 Å². The Kier molecular flexibility index (Phi) is 4.78. The van der Waals surface area contributed by atoms with E-state index < -0.39 is 12.5 Å². The summed E-state index contributed by atoms with van der Waals surface area (Å²) < 4.78 is 0. The highest BCUT2D eigenvalue weighted by Gasteiger charge is 2.26.